The highest BCUT2D eigenvalue weighted by molar-refractivity contribution is 8.00. The van der Waals surface area contributed by atoms with Gasteiger partial charge in [0.25, 0.3) is 11.8 Å². The number of carbonyl (C=O) groups excluding carboxylic acids is 4. The SMILES string of the molecule is CCC(Sc1cccc(NC(=O)/C(=C\c2cc(OC)c(OC)cc2OC)NC(=O)c2ccccc2)c1)C(=O)Nc1ccc(NC(C)=O)cc1. The van der Waals surface area contributed by atoms with Crippen LogP contribution in [0.15, 0.2) is 102 Å². The summed E-state index contributed by atoms with van der Waals surface area (Å²) in [6.45, 7) is 3.34. The monoisotopic (exact) mass is 682 g/mol. The molecule has 0 saturated heterocycles. The molecule has 0 spiro atoms. The topological polar surface area (TPSA) is 144 Å². The van der Waals surface area contributed by atoms with E-state index < -0.39 is 17.1 Å². The number of thioether (sulfide) groups is 1. The van der Waals surface area contributed by atoms with Gasteiger partial charge in [0.15, 0.2) is 11.5 Å². The molecule has 0 heterocycles. The molecule has 4 N–H and O–H groups in total. The molecule has 0 aromatic heterocycles. The molecule has 4 rings (SSSR count). The normalized spacial score (nSPS) is 11.5. The molecule has 0 saturated carbocycles. The van der Waals surface area contributed by atoms with E-state index in [1.165, 1.54) is 46.1 Å². The predicted molar refractivity (Wildman–Crippen MR) is 192 cm³/mol. The number of nitrogens with one attached hydrogen (secondary N) is 4. The van der Waals surface area contributed by atoms with Crippen LogP contribution in [0.2, 0.25) is 0 Å². The van der Waals surface area contributed by atoms with Gasteiger partial charge in [-0.1, -0.05) is 31.2 Å². The smallest absolute Gasteiger partial charge is 0.272 e. The van der Waals surface area contributed by atoms with Crippen molar-refractivity contribution in [1.82, 2.24) is 5.32 Å². The average molecular weight is 683 g/mol. The Balaban J connectivity index is 1.55. The van der Waals surface area contributed by atoms with Crippen molar-refractivity contribution in [2.24, 2.45) is 0 Å². The molecule has 254 valence electrons. The van der Waals surface area contributed by atoms with Gasteiger partial charge in [0, 0.05) is 46.1 Å². The molecule has 49 heavy (non-hydrogen) atoms. The van der Waals surface area contributed by atoms with Crippen molar-refractivity contribution in [2.75, 3.05) is 37.3 Å². The summed E-state index contributed by atoms with van der Waals surface area (Å²) in [4.78, 5) is 52.1. The number of hydrogen-bond donors (Lipinski definition) is 4. The summed E-state index contributed by atoms with van der Waals surface area (Å²) in [5, 5.41) is 10.8. The van der Waals surface area contributed by atoms with E-state index in [1.54, 1.807) is 84.9 Å². The fraction of sp³-hybridized carbons (Fsp3) is 0.189. The lowest BCUT2D eigenvalue weighted by atomic mass is 10.1. The van der Waals surface area contributed by atoms with Crippen molar-refractivity contribution in [2.45, 2.75) is 30.4 Å². The highest BCUT2D eigenvalue weighted by atomic mass is 32.2. The van der Waals surface area contributed by atoms with Crippen molar-refractivity contribution < 1.29 is 33.4 Å². The summed E-state index contributed by atoms with van der Waals surface area (Å²) >= 11 is 1.35. The van der Waals surface area contributed by atoms with Gasteiger partial charge in [-0.25, -0.2) is 0 Å². The van der Waals surface area contributed by atoms with Crippen molar-refractivity contribution in [3.63, 3.8) is 0 Å². The first-order valence-corrected chi connectivity index (χ1v) is 16.2. The number of amides is 4. The van der Waals surface area contributed by atoms with Crippen LogP contribution in [0.1, 0.15) is 36.2 Å². The second-order valence-electron chi connectivity index (χ2n) is 10.6. The second-order valence-corrected chi connectivity index (χ2v) is 11.8. The van der Waals surface area contributed by atoms with Crippen LogP contribution in [0.25, 0.3) is 6.08 Å². The number of rotatable bonds is 14. The van der Waals surface area contributed by atoms with Gasteiger partial charge in [0.1, 0.15) is 11.4 Å². The van der Waals surface area contributed by atoms with E-state index in [4.69, 9.17) is 14.2 Å². The Morgan fingerprint density at radius 1 is 0.714 bits per heavy atom. The van der Waals surface area contributed by atoms with Crippen LogP contribution in [0.3, 0.4) is 0 Å². The Hall–Kier alpha value is -5.75. The molecule has 0 bridgehead atoms. The van der Waals surface area contributed by atoms with Gasteiger partial charge in [0.05, 0.1) is 26.6 Å². The molecule has 0 radical (unpaired) electrons. The van der Waals surface area contributed by atoms with Gasteiger partial charge in [-0.15, -0.1) is 11.8 Å². The van der Waals surface area contributed by atoms with Crippen LogP contribution in [-0.4, -0.2) is 50.2 Å². The molecule has 4 aromatic carbocycles. The molecule has 0 aliphatic heterocycles. The van der Waals surface area contributed by atoms with Gasteiger partial charge in [-0.3, -0.25) is 19.2 Å². The fourth-order valence-corrected chi connectivity index (χ4v) is 5.67. The molecule has 4 amide bonds. The summed E-state index contributed by atoms with van der Waals surface area (Å²) in [5.74, 6) is -0.202. The van der Waals surface area contributed by atoms with Crippen LogP contribution in [0.4, 0.5) is 17.1 Å². The Morgan fingerprint density at radius 2 is 1.35 bits per heavy atom. The van der Waals surface area contributed by atoms with Crippen LogP contribution < -0.4 is 35.5 Å². The quantitative estimate of drug-likeness (QED) is 0.0862. The van der Waals surface area contributed by atoms with Gasteiger partial charge in [-0.2, -0.15) is 0 Å². The summed E-state index contributed by atoms with van der Waals surface area (Å²) < 4.78 is 16.4. The molecule has 1 atom stereocenters. The van der Waals surface area contributed by atoms with E-state index in [2.05, 4.69) is 21.3 Å². The first-order valence-electron chi connectivity index (χ1n) is 15.3. The average Bonchev–Trinajstić information content (AvgIpc) is 3.11. The van der Waals surface area contributed by atoms with E-state index >= 15 is 0 Å². The van der Waals surface area contributed by atoms with Crippen molar-refractivity contribution in [3.05, 3.63) is 108 Å². The van der Waals surface area contributed by atoms with Gasteiger partial charge < -0.3 is 35.5 Å². The first kappa shape index (κ1) is 36.1. The van der Waals surface area contributed by atoms with Crippen LogP contribution in [-0.2, 0) is 14.4 Å². The zero-order chi connectivity index (χ0) is 35.3. The Bertz CT molecular complexity index is 1830. The predicted octanol–water partition coefficient (Wildman–Crippen LogP) is 6.59. The molecule has 11 nitrogen and oxygen atoms in total. The highest BCUT2D eigenvalue weighted by Crippen LogP contribution is 2.36. The minimum absolute atomic E-state index is 0.0484. The maximum Gasteiger partial charge on any atom is 0.272 e. The van der Waals surface area contributed by atoms with E-state index in [0.717, 1.165) is 4.90 Å². The van der Waals surface area contributed by atoms with Crippen LogP contribution in [0.5, 0.6) is 17.2 Å². The number of benzene rings is 4. The zero-order valence-corrected chi connectivity index (χ0v) is 28.6. The largest absolute Gasteiger partial charge is 0.496 e. The van der Waals surface area contributed by atoms with Crippen LogP contribution in [0, 0.1) is 0 Å². The number of carbonyl (C=O) groups is 4. The van der Waals surface area contributed by atoms with E-state index in [-0.39, 0.29) is 17.5 Å². The molecule has 4 aromatic rings. The Morgan fingerprint density at radius 3 is 1.96 bits per heavy atom. The van der Waals surface area contributed by atoms with Gasteiger partial charge >= 0.3 is 0 Å². The second kappa shape index (κ2) is 17.4. The third-order valence-corrected chi connectivity index (χ3v) is 8.43. The molecule has 0 aliphatic carbocycles. The minimum atomic E-state index is -0.587. The van der Waals surface area contributed by atoms with Crippen molar-refractivity contribution in [1.29, 1.82) is 0 Å². The maximum absolute atomic E-state index is 13.8. The molecule has 12 heteroatoms. The standard InChI is InChI=1S/C37H38N4O7S/c1-6-34(37(45)39-27-17-15-26(16-18-27)38-23(2)42)49-29-14-10-13-28(21-29)40-36(44)30(41-35(43)24-11-8-7-9-12-24)19-25-20-32(47-4)33(48-5)22-31(25)46-3/h7-22,34H,6H2,1-5H3,(H,38,42)(H,39,45)(H,40,44)(H,41,43)/b30-19+. The minimum Gasteiger partial charge on any atom is -0.496 e. The van der Waals surface area contributed by atoms with E-state index in [1.807, 2.05) is 13.0 Å². The molecular weight excluding hydrogens is 644 g/mol. The summed E-state index contributed by atoms with van der Waals surface area (Å²) in [6, 6.07) is 25.8. The van der Waals surface area contributed by atoms with Crippen molar-refractivity contribution >= 4 is 58.5 Å². The highest BCUT2D eigenvalue weighted by Gasteiger charge is 2.20. The zero-order valence-electron chi connectivity index (χ0n) is 27.8. The van der Waals surface area contributed by atoms with Gasteiger partial charge in [-0.05, 0) is 73.2 Å². The van der Waals surface area contributed by atoms with Crippen molar-refractivity contribution in [3.8, 4) is 17.2 Å². The molecule has 0 aliphatic rings. The lowest BCUT2D eigenvalue weighted by molar-refractivity contribution is -0.116. The number of ether oxygens (including phenoxy) is 3. The number of hydrogen-bond acceptors (Lipinski definition) is 8. The number of anilines is 3. The Kier molecular flexibility index (Phi) is 12.8. The maximum atomic E-state index is 13.8. The third-order valence-electron chi connectivity index (χ3n) is 7.07. The Labute approximate surface area is 289 Å². The summed E-state index contributed by atoms with van der Waals surface area (Å²) in [7, 11) is 4.48. The van der Waals surface area contributed by atoms with Crippen LogP contribution >= 0.6 is 11.8 Å². The lowest BCUT2D eigenvalue weighted by Gasteiger charge is -2.16. The third kappa shape index (κ3) is 10.1. The molecule has 0 fully saturated rings. The fourth-order valence-electron chi connectivity index (χ4n) is 4.66. The van der Waals surface area contributed by atoms with E-state index in [0.29, 0.717) is 51.9 Å². The summed E-state index contributed by atoms with van der Waals surface area (Å²) in [6.07, 6.45) is 2.04. The molecule has 1 unspecified atom stereocenters. The molecular formula is C37H38N4O7S. The summed E-state index contributed by atoms with van der Waals surface area (Å²) in [5.41, 5.74) is 2.47. The number of methoxy groups -OCH3 is 3. The lowest BCUT2D eigenvalue weighted by Crippen LogP contribution is -2.30. The van der Waals surface area contributed by atoms with Gasteiger partial charge in [0.2, 0.25) is 11.8 Å². The van der Waals surface area contributed by atoms with E-state index in [9.17, 15) is 19.2 Å². The first-order chi connectivity index (χ1) is 23.6.